The van der Waals surface area contributed by atoms with Crippen LogP contribution in [0.15, 0.2) is 54.6 Å². The van der Waals surface area contributed by atoms with Gasteiger partial charge in [0.15, 0.2) is 0 Å². The van der Waals surface area contributed by atoms with Crippen LogP contribution in [0.25, 0.3) is 11.1 Å². The molecule has 0 bridgehead atoms. The largest absolute Gasteiger partial charge is 0.367 e. The summed E-state index contributed by atoms with van der Waals surface area (Å²) in [4.78, 5) is 17.0. The second kappa shape index (κ2) is 8.29. The van der Waals surface area contributed by atoms with Gasteiger partial charge in [0.05, 0.1) is 5.69 Å². The van der Waals surface area contributed by atoms with Gasteiger partial charge < -0.3 is 9.80 Å². The quantitative estimate of drug-likeness (QED) is 0.650. The number of aryl methyl sites for hydroxylation is 2. The van der Waals surface area contributed by atoms with Crippen LogP contribution in [0.4, 0.5) is 5.69 Å². The first-order valence-corrected chi connectivity index (χ1v) is 10.3. The van der Waals surface area contributed by atoms with Crippen LogP contribution in [-0.4, -0.2) is 46.8 Å². The smallest absolute Gasteiger partial charge is 0.244 e. The third-order valence-electron chi connectivity index (χ3n) is 5.42. The highest BCUT2D eigenvalue weighted by atomic mass is 35.5. The van der Waals surface area contributed by atoms with E-state index in [2.05, 4.69) is 46.4 Å². The molecule has 0 saturated carbocycles. The summed E-state index contributed by atoms with van der Waals surface area (Å²) in [6.07, 6.45) is 0. The summed E-state index contributed by atoms with van der Waals surface area (Å²) < 4.78 is 1.79. The number of carbonyl (C=O) groups is 1. The Morgan fingerprint density at radius 2 is 1.69 bits per heavy atom. The van der Waals surface area contributed by atoms with Gasteiger partial charge in [-0.15, -0.1) is 0 Å². The molecular weight excluding hydrogens is 384 g/mol. The van der Waals surface area contributed by atoms with Crippen molar-refractivity contribution in [2.75, 3.05) is 31.1 Å². The normalized spacial score (nSPS) is 14.3. The van der Waals surface area contributed by atoms with E-state index >= 15 is 0 Å². The van der Waals surface area contributed by atoms with Crippen LogP contribution in [0.5, 0.6) is 0 Å². The number of amides is 1. The zero-order valence-electron chi connectivity index (χ0n) is 16.8. The van der Waals surface area contributed by atoms with Crippen LogP contribution in [0.1, 0.15) is 11.4 Å². The molecule has 1 aliphatic rings. The minimum atomic E-state index is 0.127. The number of para-hydroxylation sites is 1. The lowest BCUT2D eigenvalue weighted by Gasteiger charge is -2.37. The van der Waals surface area contributed by atoms with E-state index in [0.717, 1.165) is 35.1 Å². The predicted octanol–water partition coefficient (Wildman–Crippen LogP) is 4.17. The molecule has 1 amide bonds. The number of nitrogens with zero attached hydrogens (tertiary/aromatic N) is 4. The second-order valence-corrected chi connectivity index (χ2v) is 7.91. The van der Waals surface area contributed by atoms with E-state index in [4.69, 9.17) is 11.6 Å². The Labute approximate surface area is 176 Å². The van der Waals surface area contributed by atoms with E-state index in [0.29, 0.717) is 19.6 Å². The summed E-state index contributed by atoms with van der Waals surface area (Å²) in [7, 11) is 0. The van der Waals surface area contributed by atoms with Crippen LogP contribution in [0, 0.1) is 13.8 Å². The van der Waals surface area contributed by atoms with Gasteiger partial charge in [-0.3, -0.25) is 9.48 Å². The van der Waals surface area contributed by atoms with Crippen molar-refractivity contribution in [2.45, 2.75) is 20.4 Å². The summed E-state index contributed by atoms with van der Waals surface area (Å²) in [5.74, 6) is 0.127. The van der Waals surface area contributed by atoms with Gasteiger partial charge in [-0.2, -0.15) is 5.10 Å². The van der Waals surface area contributed by atoms with E-state index < -0.39 is 0 Å². The Morgan fingerprint density at radius 3 is 2.34 bits per heavy atom. The lowest BCUT2D eigenvalue weighted by molar-refractivity contribution is -0.132. The Bertz CT molecular complexity index is 1000. The maximum Gasteiger partial charge on any atom is 0.244 e. The SMILES string of the molecule is Cc1cc(C)n(CC(=O)N2CCN(c3ccccc3-c3ccc(Cl)cc3)CC2)n1. The highest BCUT2D eigenvalue weighted by Crippen LogP contribution is 2.32. The highest BCUT2D eigenvalue weighted by Gasteiger charge is 2.23. The van der Waals surface area contributed by atoms with Crippen molar-refractivity contribution in [1.82, 2.24) is 14.7 Å². The maximum absolute atomic E-state index is 12.7. The molecule has 0 aliphatic carbocycles. The average Bonchev–Trinajstić information content (AvgIpc) is 3.05. The zero-order valence-corrected chi connectivity index (χ0v) is 17.6. The third kappa shape index (κ3) is 4.30. The lowest BCUT2D eigenvalue weighted by Crippen LogP contribution is -2.49. The van der Waals surface area contributed by atoms with Crippen molar-refractivity contribution in [3.63, 3.8) is 0 Å². The van der Waals surface area contributed by atoms with E-state index in [1.807, 2.05) is 36.9 Å². The Hall–Kier alpha value is -2.79. The topological polar surface area (TPSA) is 41.4 Å². The second-order valence-electron chi connectivity index (χ2n) is 7.48. The van der Waals surface area contributed by atoms with E-state index in [9.17, 15) is 4.79 Å². The molecule has 2 heterocycles. The van der Waals surface area contributed by atoms with Gasteiger partial charge in [-0.1, -0.05) is 41.9 Å². The summed E-state index contributed by atoms with van der Waals surface area (Å²) in [5.41, 5.74) is 5.49. The minimum Gasteiger partial charge on any atom is -0.367 e. The van der Waals surface area contributed by atoms with Crippen LogP contribution in [0.3, 0.4) is 0 Å². The molecule has 4 rings (SSSR count). The maximum atomic E-state index is 12.7. The highest BCUT2D eigenvalue weighted by molar-refractivity contribution is 6.30. The van der Waals surface area contributed by atoms with Crippen LogP contribution in [0.2, 0.25) is 5.02 Å². The summed E-state index contributed by atoms with van der Waals surface area (Å²) in [5, 5.41) is 5.15. The van der Waals surface area contributed by atoms with Crippen molar-refractivity contribution in [3.8, 4) is 11.1 Å². The number of anilines is 1. The fourth-order valence-corrected chi connectivity index (χ4v) is 4.01. The number of benzene rings is 2. The molecule has 5 nitrogen and oxygen atoms in total. The summed E-state index contributed by atoms with van der Waals surface area (Å²) >= 11 is 6.05. The van der Waals surface area contributed by atoms with Gasteiger partial charge >= 0.3 is 0 Å². The number of piperazine rings is 1. The molecule has 1 aliphatic heterocycles. The molecule has 1 fully saturated rings. The van der Waals surface area contributed by atoms with Gasteiger partial charge in [-0.25, -0.2) is 0 Å². The number of aromatic nitrogens is 2. The van der Waals surface area contributed by atoms with Crippen LogP contribution < -0.4 is 4.90 Å². The Balaban J connectivity index is 1.44. The van der Waals surface area contributed by atoms with E-state index in [1.165, 1.54) is 11.3 Å². The van der Waals surface area contributed by atoms with Gasteiger partial charge in [0.25, 0.3) is 0 Å². The Morgan fingerprint density at radius 1 is 1.00 bits per heavy atom. The minimum absolute atomic E-state index is 0.127. The molecule has 0 atom stereocenters. The summed E-state index contributed by atoms with van der Waals surface area (Å²) in [6, 6.07) is 18.4. The van der Waals surface area contributed by atoms with E-state index in [-0.39, 0.29) is 5.91 Å². The first kappa shape index (κ1) is 19.5. The number of rotatable bonds is 4. The molecule has 150 valence electrons. The van der Waals surface area contributed by atoms with Gasteiger partial charge in [0, 0.05) is 48.1 Å². The van der Waals surface area contributed by atoms with Gasteiger partial charge in [0.2, 0.25) is 5.91 Å². The monoisotopic (exact) mass is 408 g/mol. The first-order chi connectivity index (χ1) is 14.0. The zero-order chi connectivity index (χ0) is 20.4. The fraction of sp³-hybridized carbons (Fsp3) is 0.304. The summed E-state index contributed by atoms with van der Waals surface area (Å²) in [6.45, 7) is 7.30. The van der Waals surface area contributed by atoms with Crippen molar-refractivity contribution in [1.29, 1.82) is 0 Å². The number of carbonyl (C=O) groups excluding carboxylic acids is 1. The molecule has 1 saturated heterocycles. The van der Waals surface area contributed by atoms with Crippen molar-refractivity contribution >= 4 is 23.2 Å². The van der Waals surface area contributed by atoms with Crippen molar-refractivity contribution in [2.24, 2.45) is 0 Å². The number of hydrogen-bond acceptors (Lipinski definition) is 3. The van der Waals surface area contributed by atoms with Crippen LogP contribution >= 0.6 is 11.6 Å². The van der Waals surface area contributed by atoms with Gasteiger partial charge in [0.1, 0.15) is 6.54 Å². The van der Waals surface area contributed by atoms with Crippen molar-refractivity contribution in [3.05, 3.63) is 71.0 Å². The lowest BCUT2D eigenvalue weighted by atomic mass is 10.0. The molecule has 3 aromatic rings. The van der Waals surface area contributed by atoms with Gasteiger partial charge in [-0.05, 0) is 43.7 Å². The number of hydrogen-bond donors (Lipinski definition) is 0. The molecule has 29 heavy (non-hydrogen) atoms. The first-order valence-electron chi connectivity index (χ1n) is 9.90. The number of halogens is 1. The van der Waals surface area contributed by atoms with Crippen molar-refractivity contribution < 1.29 is 4.79 Å². The molecule has 0 radical (unpaired) electrons. The Kier molecular flexibility index (Phi) is 5.58. The average molecular weight is 409 g/mol. The molecule has 0 N–H and O–H groups in total. The molecule has 6 heteroatoms. The van der Waals surface area contributed by atoms with E-state index in [1.54, 1.807) is 4.68 Å². The third-order valence-corrected chi connectivity index (χ3v) is 5.67. The van der Waals surface area contributed by atoms with Crippen LogP contribution in [-0.2, 0) is 11.3 Å². The molecular formula is C23H25ClN4O. The molecule has 1 aromatic heterocycles. The fourth-order valence-electron chi connectivity index (χ4n) is 3.88. The molecule has 0 spiro atoms. The standard InChI is InChI=1S/C23H25ClN4O/c1-17-15-18(2)28(25-17)16-23(29)27-13-11-26(12-14-27)22-6-4-3-5-21(22)19-7-9-20(24)10-8-19/h3-10,15H,11-14,16H2,1-2H3. The molecule has 0 unspecified atom stereocenters. The predicted molar refractivity (Wildman–Crippen MR) is 117 cm³/mol. The molecule has 2 aromatic carbocycles.